The number of hydrogen-bond acceptors (Lipinski definition) is 5. The summed E-state index contributed by atoms with van der Waals surface area (Å²) in [6.07, 6.45) is 0. The highest BCUT2D eigenvalue weighted by molar-refractivity contribution is 6.60. The van der Waals surface area contributed by atoms with Crippen molar-refractivity contribution in [2.75, 3.05) is 13.3 Å². The van der Waals surface area contributed by atoms with Crippen LogP contribution in [0.2, 0.25) is 0 Å². The number of rotatable bonds is 3. The van der Waals surface area contributed by atoms with Gasteiger partial charge in [0.25, 0.3) is 0 Å². The molecule has 0 aromatic heterocycles. The third-order valence-electron chi connectivity index (χ3n) is 2.75. The lowest BCUT2D eigenvalue weighted by atomic mass is 9.73. The van der Waals surface area contributed by atoms with E-state index in [4.69, 9.17) is 15.2 Å². The minimum atomic E-state index is -1.58. The Bertz CT molecular complexity index is 397. The fourth-order valence-corrected chi connectivity index (χ4v) is 1.83. The van der Waals surface area contributed by atoms with Crippen molar-refractivity contribution in [1.29, 1.82) is 0 Å². The van der Waals surface area contributed by atoms with Gasteiger partial charge in [0.2, 0.25) is 6.79 Å². The van der Waals surface area contributed by atoms with Crippen LogP contribution < -0.4 is 20.7 Å². The molecule has 0 spiro atoms. The van der Waals surface area contributed by atoms with Crippen molar-refractivity contribution in [3.63, 3.8) is 0 Å². The first-order valence-corrected chi connectivity index (χ1v) is 5.13. The molecule has 4 N–H and O–H groups in total. The molecular formula is C10H14BNO4. The molecule has 16 heavy (non-hydrogen) atoms. The standard InChI is InChI=1S/C10H14BNO4/c1-6(4-12)7-2-3-8-10(16-5-15-8)9(7)11(13)14/h2-3,6,13-14H,4-5,12H2,1H3. The summed E-state index contributed by atoms with van der Waals surface area (Å²) in [5.41, 5.74) is 6.72. The molecule has 0 bridgehead atoms. The first-order chi connectivity index (χ1) is 7.65. The molecule has 5 nitrogen and oxygen atoms in total. The lowest BCUT2D eigenvalue weighted by molar-refractivity contribution is 0.174. The predicted molar refractivity (Wildman–Crippen MR) is 59.9 cm³/mol. The first kappa shape index (κ1) is 11.3. The maximum Gasteiger partial charge on any atom is 0.492 e. The van der Waals surface area contributed by atoms with E-state index in [1.807, 2.05) is 6.92 Å². The van der Waals surface area contributed by atoms with Gasteiger partial charge in [0.05, 0.1) is 0 Å². The van der Waals surface area contributed by atoms with Crippen LogP contribution in [0.4, 0.5) is 0 Å². The van der Waals surface area contributed by atoms with Gasteiger partial charge in [-0.3, -0.25) is 0 Å². The highest BCUT2D eigenvalue weighted by atomic mass is 16.7. The van der Waals surface area contributed by atoms with Crippen LogP contribution in [0.3, 0.4) is 0 Å². The van der Waals surface area contributed by atoms with E-state index in [1.54, 1.807) is 12.1 Å². The Balaban J connectivity index is 2.53. The molecule has 1 aliphatic heterocycles. The molecule has 0 amide bonds. The van der Waals surface area contributed by atoms with E-state index in [-0.39, 0.29) is 12.7 Å². The normalized spacial score (nSPS) is 15.0. The molecular weight excluding hydrogens is 209 g/mol. The lowest BCUT2D eigenvalue weighted by Crippen LogP contribution is -2.35. The molecule has 1 atom stereocenters. The Labute approximate surface area is 93.9 Å². The van der Waals surface area contributed by atoms with E-state index in [1.165, 1.54) is 0 Å². The van der Waals surface area contributed by atoms with Crippen LogP contribution in [0.25, 0.3) is 0 Å². The van der Waals surface area contributed by atoms with E-state index in [2.05, 4.69) is 0 Å². The topological polar surface area (TPSA) is 84.9 Å². The summed E-state index contributed by atoms with van der Waals surface area (Å²) in [5.74, 6) is 0.982. The summed E-state index contributed by atoms with van der Waals surface area (Å²) < 4.78 is 10.4. The molecule has 1 aliphatic rings. The molecule has 1 aromatic rings. The van der Waals surface area contributed by atoms with Gasteiger partial charge in [-0.2, -0.15) is 0 Å². The molecule has 0 saturated carbocycles. The maximum atomic E-state index is 9.39. The Kier molecular flexibility index (Phi) is 3.04. The number of ether oxygens (including phenoxy) is 2. The molecule has 86 valence electrons. The third-order valence-corrected chi connectivity index (χ3v) is 2.75. The van der Waals surface area contributed by atoms with Crippen LogP contribution in [-0.2, 0) is 0 Å². The average molecular weight is 223 g/mol. The first-order valence-electron chi connectivity index (χ1n) is 5.13. The number of nitrogens with two attached hydrogens (primary N) is 1. The lowest BCUT2D eigenvalue weighted by Gasteiger charge is -2.16. The zero-order valence-corrected chi connectivity index (χ0v) is 9.01. The molecule has 1 unspecified atom stereocenters. The Morgan fingerprint density at radius 2 is 2.19 bits per heavy atom. The van der Waals surface area contributed by atoms with Crippen LogP contribution in [0, 0.1) is 0 Å². The molecule has 1 heterocycles. The van der Waals surface area contributed by atoms with Gasteiger partial charge in [0.1, 0.15) is 0 Å². The molecule has 0 fully saturated rings. The zero-order chi connectivity index (χ0) is 11.7. The second-order valence-electron chi connectivity index (χ2n) is 3.81. The van der Waals surface area contributed by atoms with Crippen molar-refractivity contribution >= 4 is 12.6 Å². The van der Waals surface area contributed by atoms with E-state index in [0.29, 0.717) is 23.5 Å². The molecule has 0 radical (unpaired) electrons. The van der Waals surface area contributed by atoms with Crippen molar-refractivity contribution in [3.8, 4) is 11.5 Å². The second kappa shape index (κ2) is 4.33. The fourth-order valence-electron chi connectivity index (χ4n) is 1.83. The number of benzene rings is 1. The minimum Gasteiger partial charge on any atom is -0.454 e. The Morgan fingerprint density at radius 3 is 2.81 bits per heavy atom. The van der Waals surface area contributed by atoms with Crippen LogP contribution in [0.5, 0.6) is 11.5 Å². The van der Waals surface area contributed by atoms with E-state index in [0.717, 1.165) is 5.56 Å². The van der Waals surface area contributed by atoms with E-state index < -0.39 is 7.12 Å². The highest BCUT2D eigenvalue weighted by Gasteiger charge is 2.29. The fraction of sp³-hybridized carbons (Fsp3) is 0.400. The second-order valence-corrected chi connectivity index (χ2v) is 3.81. The van der Waals surface area contributed by atoms with Crippen LogP contribution >= 0.6 is 0 Å². The number of hydrogen-bond donors (Lipinski definition) is 3. The summed E-state index contributed by atoms with van der Waals surface area (Å²) in [5, 5.41) is 18.8. The van der Waals surface area contributed by atoms with Crippen LogP contribution in [0.15, 0.2) is 12.1 Å². The molecule has 2 rings (SSSR count). The molecule has 0 aliphatic carbocycles. The monoisotopic (exact) mass is 223 g/mol. The van der Waals surface area contributed by atoms with E-state index >= 15 is 0 Å². The molecule has 1 aromatic carbocycles. The summed E-state index contributed by atoms with van der Waals surface area (Å²) in [7, 11) is -1.58. The van der Waals surface area contributed by atoms with Crippen molar-refractivity contribution in [3.05, 3.63) is 17.7 Å². The van der Waals surface area contributed by atoms with Gasteiger partial charge in [-0.05, 0) is 24.1 Å². The average Bonchev–Trinajstić information content (AvgIpc) is 2.73. The van der Waals surface area contributed by atoms with Crippen molar-refractivity contribution < 1.29 is 19.5 Å². The third kappa shape index (κ3) is 1.75. The predicted octanol–water partition coefficient (Wildman–Crippen LogP) is -0.843. The Morgan fingerprint density at radius 1 is 1.44 bits per heavy atom. The zero-order valence-electron chi connectivity index (χ0n) is 9.01. The van der Waals surface area contributed by atoms with E-state index in [9.17, 15) is 10.0 Å². The number of fused-ring (bicyclic) bond motifs is 1. The summed E-state index contributed by atoms with van der Waals surface area (Å²) in [4.78, 5) is 0. The van der Waals surface area contributed by atoms with Crippen molar-refractivity contribution in [1.82, 2.24) is 0 Å². The molecule has 0 saturated heterocycles. The van der Waals surface area contributed by atoms with Gasteiger partial charge in [-0.1, -0.05) is 13.0 Å². The van der Waals surface area contributed by atoms with Gasteiger partial charge in [0.15, 0.2) is 11.5 Å². The Hall–Kier alpha value is -1.24. The van der Waals surface area contributed by atoms with Gasteiger partial charge in [0, 0.05) is 5.46 Å². The summed E-state index contributed by atoms with van der Waals surface area (Å²) in [6, 6.07) is 3.55. The summed E-state index contributed by atoms with van der Waals surface area (Å²) in [6.45, 7) is 2.46. The van der Waals surface area contributed by atoms with Crippen LogP contribution in [-0.4, -0.2) is 30.5 Å². The minimum absolute atomic E-state index is 0.0336. The van der Waals surface area contributed by atoms with Gasteiger partial charge in [-0.25, -0.2) is 0 Å². The van der Waals surface area contributed by atoms with Gasteiger partial charge >= 0.3 is 7.12 Å². The van der Waals surface area contributed by atoms with Crippen molar-refractivity contribution in [2.45, 2.75) is 12.8 Å². The summed E-state index contributed by atoms with van der Waals surface area (Å²) >= 11 is 0. The highest BCUT2D eigenvalue weighted by Crippen LogP contribution is 2.32. The van der Waals surface area contributed by atoms with Gasteiger partial charge < -0.3 is 25.3 Å². The van der Waals surface area contributed by atoms with Crippen molar-refractivity contribution in [2.24, 2.45) is 5.73 Å². The SMILES string of the molecule is CC(CN)c1ccc2c(c1B(O)O)OCO2. The van der Waals surface area contributed by atoms with Crippen LogP contribution in [0.1, 0.15) is 18.4 Å². The largest absolute Gasteiger partial charge is 0.492 e. The maximum absolute atomic E-state index is 9.39. The molecule has 6 heteroatoms. The smallest absolute Gasteiger partial charge is 0.454 e. The quantitative estimate of drug-likeness (QED) is 0.581. The van der Waals surface area contributed by atoms with Gasteiger partial charge in [-0.15, -0.1) is 0 Å².